The highest BCUT2D eigenvalue weighted by molar-refractivity contribution is 14.0. The van der Waals surface area contributed by atoms with Gasteiger partial charge in [0.2, 0.25) is 0 Å². The van der Waals surface area contributed by atoms with Gasteiger partial charge in [0.05, 0.1) is 19.8 Å². The van der Waals surface area contributed by atoms with Gasteiger partial charge in [-0.2, -0.15) is 0 Å². The molecule has 1 rings (SSSR count). The number of methoxy groups -OCH3 is 1. The summed E-state index contributed by atoms with van der Waals surface area (Å²) in [6, 6.07) is 0. The Kier molecular flexibility index (Phi) is 14.8. The fourth-order valence-electron chi connectivity index (χ4n) is 3.52. The van der Waals surface area contributed by atoms with Gasteiger partial charge in [0, 0.05) is 32.3 Å². The van der Waals surface area contributed by atoms with E-state index in [1.54, 1.807) is 7.11 Å². The van der Waals surface area contributed by atoms with E-state index < -0.39 is 0 Å². The van der Waals surface area contributed by atoms with Gasteiger partial charge in [0.1, 0.15) is 0 Å². The first-order valence-corrected chi connectivity index (χ1v) is 9.80. The molecule has 6 nitrogen and oxygen atoms in total. The summed E-state index contributed by atoms with van der Waals surface area (Å²) in [4.78, 5) is 7.29. The van der Waals surface area contributed by atoms with Crippen LogP contribution in [0.15, 0.2) is 4.99 Å². The SMILES string of the molecule is CCNC(=NCC1(N(C)C)CCCC(C)C1)NCCCOCCOC.I. The van der Waals surface area contributed by atoms with Crippen LogP contribution in [0.25, 0.3) is 0 Å². The molecule has 0 spiro atoms. The summed E-state index contributed by atoms with van der Waals surface area (Å²) in [5, 5.41) is 6.79. The van der Waals surface area contributed by atoms with Gasteiger partial charge in [-0.05, 0) is 46.2 Å². The molecular weight excluding hydrogens is 443 g/mol. The largest absolute Gasteiger partial charge is 0.382 e. The number of nitrogens with one attached hydrogen (secondary N) is 2. The zero-order valence-corrected chi connectivity index (χ0v) is 19.8. The Bertz CT molecular complexity index is 383. The van der Waals surface area contributed by atoms with Crippen LogP contribution in [0.4, 0.5) is 0 Å². The van der Waals surface area contributed by atoms with Crippen molar-refractivity contribution >= 4 is 29.9 Å². The van der Waals surface area contributed by atoms with Gasteiger partial charge < -0.3 is 25.0 Å². The molecule has 2 atom stereocenters. The topological polar surface area (TPSA) is 58.1 Å². The summed E-state index contributed by atoms with van der Waals surface area (Å²) in [6.07, 6.45) is 6.08. The first kappa shape index (κ1) is 25.9. The molecule has 2 unspecified atom stereocenters. The van der Waals surface area contributed by atoms with E-state index in [2.05, 4.69) is 43.5 Å². The van der Waals surface area contributed by atoms with Gasteiger partial charge in [0.15, 0.2) is 5.96 Å². The van der Waals surface area contributed by atoms with Gasteiger partial charge in [-0.3, -0.25) is 4.99 Å². The Morgan fingerprint density at radius 1 is 1.23 bits per heavy atom. The molecule has 7 heteroatoms. The summed E-state index contributed by atoms with van der Waals surface area (Å²) < 4.78 is 10.5. The smallest absolute Gasteiger partial charge is 0.191 e. The average molecular weight is 484 g/mol. The second-order valence-electron chi connectivity index (χ2n) is 7.40. The second-order valence-corrected chi connectivity index (χ2v) is 7.40. The molecule has 0 aromatic carbocycles. The second kappa shape index (κ2) is 14.9. The Morgan fingerprint density at radius 3 is 2.62 bits per heavy atom. The molecule has 0 bridgehead atoms. The number of guanidine groups is 1. The van der Waals surface area contributed by atoms with Crippen molar-refractivity contribution < 1.29 is 9.47 Å². The van der Waals surface area contributed by atoms with Crippen molar-refractivity contribution in [2.24, 2.45) is 10.9 Å². The number of hydrogen-bond acceptors (Lipinski definition) is 4. The van der Waals surface area contributed by atoms with Crippen molar-refractivity contribution in [3.8, 4) is 0 Å². The lowest BCUT2D eigenvalue weighted by Gasteiger charge is -2.44. The molecule has 26 heavy (non-hydrogen) atoms. The number of ether oxygens (including phenoxy) is 2. The molecule has 1 aliphatic rings. The molecule has 1 fully saturated rings. The first-order chi connectivity index (χ1) is 12.0. The van der Waals surface area contributed by atoms with E-state index in [1.165, 1.54) is 25.7 Å². The van der Waals surface area contributed by atoms with Crippen molar-refractivity contribution in [1.82, 2.24) is 15.5 Å². The predicted molar refractivity (Wildman–Crippen MR) is 121 cm³/mol. The van der Waals surface area contributed by atoms with E-state index in [9.17, 15) is 0 Å². The van der Waals surface area contributed by atoms with Crippen molar-refractivity contribution in [2.75, 3.05) is 60.7 Å². The van der Waals surface area contributed by atoms with Gasteiger partial charge in [0.25, 0.3) is 0 Å². The minimum atomic E-state index is 0. The number of aliphatic imine (C=N–C) groups is 1. The molecule has 0 aromatic rings. The molecule has 1 saturated carbocycles. The molecule has 156 valence electrons. The number of rotatable bonds is 11. The van der Waals surface area contributed by atoms with E-state index in [4.69, 9.17) is 14.5 Å². The van der Waals surface area contributed by atoms with E-state index >= 15 is 0 Å². The summed E-state index contributed by atoms with van der Waals surface area (Å²) in [5.41, 5.74) is 0.198. The molecule has 0 saturated heterocycles. The van der Waals surface area contributed by atoms with Crippen molar-refractivity contribution in [3.63, 3.8) is 0 Å². The first-order valence-electron chi connectivity index (χ1n) is 9.80. The fourth-order valence-corrected chi connectivity index (χ4v) is 3.52. The lowest BCUT2D eigenvalue weighted by atomic mass is 9.75. The van der Waals surface area contributed by atoms with Gasteiger partial charge in [-0.1, -0.05) is 19.8 Å². The highest BCUT2D eigenvalue weighted by Crippen LogP contribution is 2.35. The van der Waals surface area contributed by atoms with Gasteiger partial charge >= 0.3 is 0 Å². The third-order valence-electron chi connectivity index (χ3n) is 5.08. The molecular formula is C19H41IN4O2. The number of hydrogen-bond donors (Lipinski definition) is 2. The minimum Gasteiger partial charge on any atom is -0.382 e. The van der Waals surface area contributed by atoms with Crippen LogP contribution < -0.4 is 10.6 Å². The standard InChI is InChI=1S/C19H40N4O2.HI/c1-6-20-18(21-11-8-12-25-14-13-24-5)22-16-19(23(3)4)10-7-9-17(2)15-19;/h17H,6-16H2,1-5H3,(H2,20,21,22);1H. The van der Waals surface area contributed by atoms with Crippen molar-refractivity contribution in [2.45, 2.75) is 51.5 Å². The van der Waals surface area contributed by atoms with Crippen molar-refractivity contribution in [1.29, 1.82) is 0 Å². The number of halogens is 1. The van der Waals surface area contributed by atoms with Crippen LogP contribution in [0.3, 0.4) is 0 Å². The number of likely N-dealkylation sites (N-methyl/N-ethyl adjacent to an activating group) is 1. The van der Waals surface area contributed by atoms with E-state index in [0.717, 1.165) is 44.5 Å². The number of nitrogens with zero attached hydrogens (tertiary/aromatic N) is 2. The maximum Gasteiger partial charge on any atom is 0.191 e. The van der Waals surface area contributed by atoms with Crippen LogP contribution in [0.5, 0.6) is 0 Å². The third kappa shape index (κ3) is 9.71. The van der Waals surface area contributed by atoms with Crippen LogP contribution in [-0.2, 0) is 9.47 Å². The summed E-state index contributed by atoms with van der Waals surface area (Å²) >= 11 is 0. The quantitative estimate of drug-likeness (QED) is 0.205. The summed E-state index contributed by atoms with van der Waals surface area (Å²) in [6.45, 7) is 9.13. The lowest BCUT2D eigenvalue weighted by molar-refractivity contribution is 0.0698. The highest BCUT2D eigenvalue weighted by Gasteiger charge is 2.36. The molecule has 0 aromatic heterocycles. The summed E-state index contributed by atoms with van der Waals surface area (Å²) in [7, 11) is 6.09. The molecule has 0 heterocycles. The third-order valence-corrected chi connectivity index (χ3v) is 5.08. The normalized spacial score (nSPS) is 23.6. The van der Waals surface area contributed by atoms with Crippen LogP contribution in [0, 0.1) is 5.92 Å². The van der Waals surface area contributed by atoms with Gasteiger partial charge in [-0.15, -0.1) is 24.0 Å². The molecule has 0 amide bonds. The predicted octanol–water partition coefficient (Wildman–Crippen LogP) is 2.72. The maximum absolute atomic E-state index is 5.50. The Hall–Kier alpha value is -0.120. The Balaban J connectivity index is 0.00000625. The average Bonchev–Trinajstić information content (AvgIpc) is 2.58. The zero-order valence-electron chi connectivity index (χ0n) is 17.5. The minimum absolute atomic E-state index is 0. The van der Waals surface area contributed by atoms with Crippen LogP contribution in [0.1, 0.15) is 46.0 Å². The van der Waals surface area contributed by atoms with E-state index in [0.29, 0.717) is 13.2 Å². The molecule has 0 radical (unpaired) electrons. The van der Waals surface area contributed by atoms with E-state index in [1.807, 2.05) is 0 Å². The van der Waals surface area contributed by atoms with Crippen LogP contribution >= 0.6 is 24.0 Å². The van der Waals surface area contributed by atoms with E-state index in [-0.39, 0.29) is 29.5 Å². The zero-order chi connectivity index (χ0) is 18.5. The lowest BCUT2D eigenvalue weighted by Crippen LogP contribution is -2.51. The maximum atomic E-state index is 5.50. The van der Waals surface area contributed by atoms with Crippen molar-refractivity contribution in [3.05, 3.63) is 0 Å². The Labute approximate surface area is 177 Å². The van der Waals surface area contributed by atoms with Crippen LogP contribution in [-0.4, -0.2) is 77.1 Å². The summed E-state index contributed by atoms with van der Waals surface area (Å²) in [5.74, 6) is 1.70. The molecule has 1 aliphatic carbocycles. The molecule has 0 aliphatic heterocycles. The fraction of sp³-hybridized carbons (Fsp3) is 0.947. The monoisotopic (exact) mass is 484 g/mol. The molecule has 2 N–H and O–H groups in total. The Morgan fingerprint density at radius 2 is 2.00 bits per heavy atom. The van der Waals surface area contributed by atoms with Gasteiger partial charge in [-0.25, -0.2) is 0 Å². The highest BCUT2D eigenvalue weighted by atomic mass is 127. The van der Waals surface area contributed by atoms with Crippen LogP contribution in [0.2, 0.25) is 0 Å².